The van der Waals surface area contributed by atoms with Crippen LogP contribution in [0.4, 0.5) is 4.79 Å². The first-order valence-electron chi connectivity index (χ1n) is 7.17. The molecule has 1 aliphatic rings. The average molecular weight is 296 g/mol. The van der Waals surface area contributed by atoms with Gasteiger partial charge in [0.2, 0.25) is 0 Å². The Morgan fingerprint density at radius 2 is 1.67 bits per heavy atom. The Bertz CT molecular complexity index is 484. The van der Waals surface area contributed by atoms with Crippen LogP contribution in [-0.2, 0) is 9.59 Å². The fourth-order valence-electron chi connectivity index (χ4n) is 2.58. The van der Waals surface area contributed by atoms with Crippen molar-refractivity contribution < 1.29 is 19.5 Å². The van der Waals surface area contributed by atoms with Crippen molar-refractivity contribution in [3.8, 4) is 0 Å². The number of nitrogens with zero attached hydrogens (tertiary/aromatic N) is 1. The highest BCUT2D eigenvalue weighted by atomic mass is 16.4. The van der Waals surface area contributed by atoms with E-state index in [2.05, 4.69) is 19.2 Å². The maximum absolute atomic E-state index is 12.2. The molecule has 1 heterocycles. The summed E-state index contributed by atoms with van der Waals surface area (Å²) in [6, 6.07) is -0.401. The molecule has 0 aromatic carbocycles. The SMILES string of the molecule is CC(C(=O)O)=C(C)C(=O)NC(=O)N1CC(C)CC(C)C1C. The van der Waals surface area contributed by atoms with Crippen LogP contribution >= 0.6 is 0 Å². The van der Waals surface area contributed by atoms with E-state index in [4.69, 9.17) is 5.11 Å². The number of piperidine rings is 1. The Morgan fingerprint density at radius 1 is 1.10 bits per heavy atom. The quantitative estimate of drug-likeness (QED) is 0.763. The summed E-state index contributed by atoms with van der Waals surface area (Å²) in [5, 5.41) is 11.1. The zero-order valence-electron chi connectivity index (χ0n) is 13.3. The molecule has 1 aliphatic heterocycles. The number of aliphatic carboxylic acids is 1. The Morgan fingerprint density at radius 3 is 2.19 bits per heavy atom. The number of carbonyl (C=O) groups is 3. The highest BCUT2D eigenvalue weighted by Crippen LogP contribution is 2.26. The number of likely N-dealkylation sites (tertiary alicyclic amines) is 1. The summed E-state index contributed by atoms with van der Waals surface area (Å²) in [6.07, 6.45) is 1.05. The topological polar surface area (TPSA) is 86.7 Å². The lowest BCUT2D eigenvalue weighted by Gasteiger charge is -2.40. The predicted molar refractivity (Wildman–Crippen MR) is 78.7 cm³/mol. The molecule has 0 bridgehead atoms. The van der Waals surface area contributed by atoms with Crippen molar-refractivity contribution in [3.63, 3.8) is 0 Å². The van der Waals surface area contributed by atoms with Crippen molar-refractivity contribution in [2.75, 3.05) is 6.54 Å². The van der Waals surface area contributed by atoms with E-state index < -0.39 is 17.9 Å². The number of urea groups is 1. The first-order chi connectivity index (χ1) is 9.65. The lowest BCUT2D eigenvalue weighted by molar-refractivity contribution is -0.133. The van der Waals surface area contributed by atoms with E-state index in [0.717, 1.165) is 6.42 Å². The number of amides is 3. The molecule has 6 nitrogen and oxygen atoms in total. The zero-order valence-corrected chi connectivity index (χ0v) is 13.3. The van der Waals surface area contributed by atoms with Crippen molar-refractivity contribution in [2.24, 2.45) is 11.8 Å². The van der Waals surface area contributed by atoms with E-state index in [-0.39, 0.29) is 17.2 Å². The standard InChI is InChI=1S/C15H24N2O4/c1-8-6-9(2)12(5)17(7-8)15(21)16-13(18)10(3)11(4)14(19)20/h8-9,12H,6-7H2,1-5H3,(H,19,20)(H,16,18,21). The Labute approximate surface area is 125 Å². The predicted octanol–water partition coefficient (Wildman–Crippen LogP) is 2.01. The molecule has 0 radical (unpaired) electrons. The number of imide groups is 1. The average Bonchev–Trinajstić information content (AvgIpc) is 2.40. The largest absolute Gasteiger partial charge is 0.478 e. The van der Waals surface area contributed by atoms with Crippen LogP contribution in [-0.4, -0.2) is 40.5 Å². The maximum Gasteiger partial charge on any atom is 0.331 e. The van der Waals surface area contributed by atoms with Crippen LogP contribution in [0.5, 0.6) is 0 Å². The molecule has 1 fully saturated rings. The molecule has 0 aromatic rings. The lowest BCUT2D eigenvalue weighted by atomic mass is 9.86. The molecule has 1 rings (SSSR count). The molecular formula is C15H24N2O4. The number of carboxylic acids is 1. The minimum absolute atomic E-state index is 0.0432. The minimum Gasteiger partial charge on any atom is -0.478 e. The molecule has 0 saturated carbocycles. The summed E-state index contributed by atoms with van der Waals surface area (Å²) in [7, 11) is 0. The smallest absolute Gasteiger partial charge is 0.331 e. The summed E-state index contributed by atoms with van der Waals surface area (Å²) in [6.45, 7) is 9.47. The van der Waals surface area contributed by atoms with Crippen molar-refractivity contribution in [2.45, 2.75) is 47.1 Å². The molecule has 3 atom stereocenters. The van der Waals surface area contributed by atoms with Gasteiger partial charge in [0.25, 0.3) is 5.91 Å². The maximum atomic E-state index is 12.2. The van der Waals surface area contributed by atoms with Gasteiger partial charge in [-0.3, -0.25) is 10.1 Å². The van der Waals surface area contributed by atoms with Gasteiger partial charge >= 0.3 is 12.0 Å². The normalized spacial score (nSPS) is 26.9. The third-order valence-electron chi connectivity index (χ3n) is 4.30. The molecule has 0 spiro atoms. The number of carbonyl (C=O) groups excluding carboxylic acids is 2. The van der Waals surface area contributed by atoms with E-state index in [1.165, 1.54) is 13.8 Å². The van der Waals surface area contributed by atoms with Crippen LogP contribution in [0.25, 0.3) is 0 Å². The van der Waals surface area contributed by atoms with Crippen molar-refractivity contribution in [1.82, 2.24) is 10.2 Å². The first kappa shape index (κ1) is 17.2. The highest BCUT2D eigenvalue weighted by molar-refractivity contribution is 6.07. The molecule has 1 saturated heterocycles. The fraction of sp³-hybridized carbons (Fsp3) is 0.667. The van der Waals surface area contributed by atoms with Gasteiger partial charge in [0, 0.05) is 23.7 Å². The molecule has 0 aromatic heterocycles. The van der Waals surface area contributed by atoms with Crippen LogP contribution in [0.1, 0.15) is 41.0 Å². The third kappa shape index (κ3) is 4.06. The van der Waals surface area contributed by atoms with Crippen LogP contribution in [0.3, 0.4) is 0 Å². The van der Waals surface area contributed by atoms with Gasteiger partial charge in [-0.25, -0.2) is 9.59 Å². The Balaban J connectivity index is 2.79. The molecule has 118 valence electrons. The van der Waals surface area contributed by atoms with Crippen LogP contribution in [0.15, 0.2) is 11.1 Å². The molecule has 2 N–H and O–H groups in total. The third-order valence-corrected chi connectivity index (χ3v) is 4.30. The van der Waals surface area contributed by atoms with Crippen molar-refractivity contribution >= 4 is 17.9 Å². The molecule has 0 aliphatic carbocycles. The second kappa shape index (κ2) is 6.74. The van der Waals surface area contributed by atoms with E-state index in [1.54, 1.807) is 4.90 Å². The lowest BCUT2D eigenvalue weighted by Crippen LogP contribution is -2.53. The van der Waals surface area contributed by atoms with Gasteiger partial charge < -0.3 is 10.0 Å². The number of nitrogens with one attached hydrogen (secondary N) is 1. The first-order valence-corrected chi connectivity index (χ1v) is 7.17. The van der Waals surface area contributed by atoms with Gasteiger partial charge in [-0.05, 0) is 39.0 Å². The van der Waals surface area contributed by atoms with E-state index in [9.17, 15) is 14.4 Å². The van der Waals surface area contributed by atoms with Gasteiger partial charge in [-0.2, -0.15) is 0 Å². The zero-order chi connectivity index (χ0) is 16.3. The summed E-state index contributed by atoms with van der Waals surface area (Å²) in [5.74, 6) is -1.07. The summed E-state index contributed by atoms with van der Waals surface area (Å²) >= 11 is 0. The number of hydrogen-bond donors (Lipinski definition) is 2. The fourth-order valence-corrected chi connectivity index (χ4v) is 2.58. The van der Waals surface area contributed by atoms with Crippen molar-refractivity contribution in [3.05, 3.63) is 11.1 Å². The van der Waals surface area contributed by atoms with Crippen molar-refractivity contribution in [1.29, 1.82) is 0 Å². The molecule has 6 heteroatoms. The molecule has 21 heavy (non-hydrogen) atoms. The molecule has 3 unspecified atom stereocenters. The van der Waals surface area contributed by atoms with Gasteiger partial charge in [0.05, 0.1) is 0 Å². The minimum atomic E-state index is -1.16. The number of hydrogen-bond acceptors (Lipinski definition) is 3. The number of carboxylic acid groups (broad SMARTS) is 1. The van der Waals surface area contributed by atoms with Crippen LogP contribution in [0.2, 0.25) is 0 Å². The van der Waals surface area contributed by atoms with E-state index in [1.807, 2.05) is 6.92 Å². The Kier molecular flexibility index (Phi) is 5.52. The van der Waals surface area contributed by atoms with E-state index in [0.29, 0.717) is 18.4 Å². The van der Waals surface area contributed by atoms with Crippen LogP contribution < -0.4 is 5.32 Å². The second-order valence-corrected chi connectivity index (χ2v) is 6.03. The summed E-state index contributed by atoms with van der Waals surface area (Å²) < 4.78 is 0. The second-order valence-electron chi connectivity index (χ2n) is 6.03. The van der Waals surface area contributed by atoms with Gasteiger partial charge in [0.1, 0.15) is 0 Å². The van der Waals surface area contributed by atoms with Gasteiger partial charge in [-0.1, -0.05) is 13.8 Å². The van der Waals surface area contributed by atoms with Gasteiger partial charge in [-0.15, -0.1) is 0 Å². The summed E-state index contributed by atoms with van der Waals surface area (Å²) in [4.78, 5) is 36.7. The number of rotatable bonds is 2. The monoisotopic (exact) mass is 296 g/mol. The highest BCUT2D eigenvalue weighted by Gasteiger charge is 2.32. The summed E-state index contributed by atoms with van der Waals surface area (Å²) in [5.41, 5.74) is -0.0182. The molecule has 3 amide bonds. The Hall–Kier alpha value is -1.85. The molecular weight excluding hydrogens is 272 g/mol. The van der Waals surface area contributed by atoms with Crippen LogP contribution in [0, 0.1) is 11.8 Å². The van der Waals surface area contributed by atoms with E-state index >= 15 is 0 Å². The van der Waals surface area contributed by atoms with Gasteiger partial charge in [0.15, 0.2) is 0 Å².